The highest BCUT2D eigenvalue weighted by Gasteiger charge is 2.13. The number of amides is 2. The van der Waals surface area contributed by atoms with Crippen LogP contribution in [0.25, 0.3) is 0 Å². The number of carbonyl (C=O) groups excluding carboxylic acids is 3. The lowest BCUT2D eigenvalue weighted by molar-refractivity contribution is -0.136. The Kier molecular flexibility index (Phi) is 6.41. The van der Waals surface area contributed by atoms with Crippen molar-refractivity contribution in [2.24, 2.45) is 5.10 Å². The van der Waals surface area contributed by atoms with Crippen molar-refractivity contribution >= 4 is 45.6 Å². The number of hydrogen-bond donors (Lipinski definition) is 2. The van der Waals surface area contributed by atoms with Gasteiger partial charge in [-0.15, -0.1) is 0 Å². The van der Waals surface area contributed by atoms with Crippen LogP contribution >= 0.6 is 15.9 Å². The van der Waals surface area contributed by atoms with Gasteiger partial charge in [-0.3, -0.25) is 9.59 Å². The second kappa shape index (κ2) is 8.74. The monoisotopic (exact) mass is 403 g/mol. The van der Waals surface area contributed by atoms with Gasteiger partial charge in [-0.25, -0.2) is 10.2 Å². The molecule has 0 aliphatic heterocycles. The number of rotatable bonds is 4. The minimum Gasteiger partial charge on any atom is -0.465 e. The molecule has 0 unspecified atom stereocenters. The second-order valence-corrected chi connectivity index (χ2v) is 5.60. The predicted molar refractivity (Wildman–Crippen MR) is 96.3 cm³/mol. The minimum atomic E-state index is -0.916. The molecule has 8 heteroatoms. The summed E-state index contributed by atoms with van der Waals surface area (Å²) in [5.74, 6) is -2.28. The molecule has 128 valence electrons. The van der Waals surface area contributed by atoms with Gasteiger partial charge in [-0.05, 0) is 30.3 Å². The normalized spacial score (nSPS) is 10.3. The number of nitrogens with zero attached hydrogens (tertiary/aromatic N) is 1. The van der Waals surface area contributed by atoms with Gasteiger partial charge in [-0.1, -0.05) is 34.1 Å². The highest BCUT2D eigenvalue weighted by Crippen LogP contribution is 2.13. The number of halogens is 1. The van der Waals surface area contributed by atoms with Crippen LogP contribution in [0.2, 0.25) is 0 Å². The molecule has 0 atom stereocenters. The largest absolute Gasteiger partial charge is 0.465 e. The first-order chi connectivity index (χ1) is 12.0. The van der Waals surface area contributed by atoms with Crippen molar-refractivity contribution in [3.63, 3.8) is 0 Å². The minimum absolute atomic E-state index is 0.336. The molecule has 2 rings (SSSR count). The summed E-state index contributed by atoms with van der Waals surface area (Å²) in [6.07, 6.45) is 1.42. The molecule has 0 aliphatic carbocycles. The van der Waals surface area contributed by atoms with E-state index in [2.05, 4.69) is 36.5 Å². The molecular formula is C17H14BrN3O4. The van der Waals surface area contributed by atoms with E-state index in [-0.39, 0.29) is 0 Å². The van der Waals surface area contributed by atoms with Crippen LogP contribution in [0.1, 0.15) is 15.9 Å². The molecule has 0 aliphatic rings. The summed E-state index contributed by atoms with van der Waals surface area (Å²) in [6, 6.07) is 13.2. The topological polar surface area (TPSA) is 96.9 Å². The van der Waals surface area contributed by atoms with Crippen LogP contribution in [0, 0.1) is 0 Å². The van der Waals surface area contributed by atoms with E-state index in [1.54, 1.807) is 6.07 Å². The van der Waals surface area contributed by atoms with Crippen molar-refractivity contribution in [2.45, 2.75) is 0 Å². The number of hydrogen-bond acceptors (Lipinski definition) is 5. The lowest BCUT2D eigenvalue weighted by Gasteiger charge is -2.05. The number of anilines is 1. The van der Waals surface area contributed by atoms with E-state index in [4.69, 9.17) is 0 Å². The van der Waals surface area contributed by atoms with Crippen LogP contribution in [0.3, 0.4) is 0 Å². The molecular weight excluding hydrogens is 390 g/mol. The zero-order chi connectivity index (χ0) is 18.2. The second-order valence-electron chi connectivity index (χ2n) is 4.74. The summed E-state index contributed by atoms with van der Waals surface area (Å²) in [5, 5.41) is 6.14. The highest BCUT2D eigenvalue weighted by atomic mass is 79.9. The highest BCUT2D eigenvalue weighted by molar-refractivity contribution is 9.10. The third-order valence-corrected chi connectivity index (χ3v) is 3.77. The lowest BCUT2D eigenvalue weighted by atomic mass is 10.2. The Bertz CT molecular complexity index is 819. The molecule has 0 heterocycles. The van der Waals surface area contributed by atoms with Crippen LogP contribution in [-0.4, -0.2) is 31.1 Å². The van der Waals surface area contributed by atoms with E-state index in [1.165, 1.54) is 37.6 Å². The van der Waals surface area contributed by atoms with Gasteiger partial charge in [0.2, 0.25) is 0 Å². The Hall–Kier alpha value is -3.00. The number of benzene rings is 2. The molecule has 0 spiro atoms. The third-order valence-electron chi connectivity index (χ3n) is 3.05. The van der Waals surface area contributed by atoms with Crippen LogP contribution < -0.4 is 10.7 Å². The Morgan fingerprint density at radius 1 is 1.04 bits per heavy atom. The number of hydrazone groups is 1. The average molecular weight is 404 g/mol. The fourth-order valence-corrected chi connectivity index (χ4v) is 2.17. The first-order valence-electron chi connectivity index (χ1n) is 7.08. The van der Waals surface area contributed by atoms with Gasteiger partial charge in [0.05, 0.1) is 18.9 Å². The first-order valence-corrected chi connectivity index (χ1v) is 7.88. The van der Waals surface area contributed by atoms with Crippen LogP contribution in [0.4, 0.5) is 5.69 Å². The van der Waals surface area contributed by atoms with Crippen LogP contribution in [0.5, 0.6) is 0 Å². The molecule has 0 radical (unpaired) electrons. The summed E-state index contributed by atoms with van der Waals surface area (Å²) in [4.78, 5) is 34.8. The first kappa shape index (κ1) is 18.3. The molecule has 7 nitrogen and oxygen atoms in total. The van der Waals surface area contributed by atoms with E-state index < -0.39 is 17.8 Å². The molecule has 2 amide bonds. The van der Waals surface area contributed by atoms with Gasteiger partial charge in [0, 0.05) is 15.7 Å². The predicted octanol–water partition coefficient (Wildman–Crippen LogP) is 2.32. The van der Waals surface area contributed by atoms with Gasteiger partial charge in [-0.2, -0.15) is 5.10 Å². The van der Waals surface area contributed by atoms with E-state index in [1.807, 2.05) is 18.2 Å². The molecule has 0 bridgehead atoms. The quantitative estimate of drug-likeness (QED) is 0.354. The van der Waals surface area contributed by atoms with Crippen LogP contribution in [-0.2, 0) is 14.3 Å². The van der Waals surface area contributed by atoms with E-state index in [0.29, 0.717) is 11.3 Å². The molecule has 0 aromatic heterocycles. The van der Waals surface area contributed by atoms with Gasteiger partial charge in [0.25, 0.3) is 0 Å². The van der Waals surface area contributed by atoms with Crippen molar-refractivity contribution in [1.29, 1.82) is 0 Å². The Labute approximate surface area is 152 Å². The molecule has 0 saturated carbocycles. The number of carbonyl (C=O) groups is 3. The third kappa shape index (κ3) is 5.25. The SMILES string of the molecule is COC(=O)c1ccc(NC(=O)C(=O)N/N=C/c2ccccc2Br)cc1. The van der Waals surface area contributed by atoms with E-state index >= 15 is 0 Å². The summed E-state index contributed by atoms with van der Waals surface area (Å²) in [5.41, 5.74) is 3.59. The van der Waals surface area contributed by atoms with Crippen molar-refractivity contribution in [2.75, 3.05) is 12.4 Å². The van der Waals surface area contributed by atoms with Gasteiger partial charge in [0.1, 0.15) is 0 Å². The fraction of sp³-hybridized carbons (Fsp3) is 0.0588. The number of nitrogens with one attached hydrogen (secondary N) is 2. The van der Waals surface area contributed by atoms with Crippen molar-refractivity contribution < 1.29 is 19.1 Å². The average Bonchev–Trinajstić information content (AvgIpc) is 2.63. The summed E-state index contributed by atoms with van der Waals surface area (Å²) < 4.78 is 5.38. The number of ether oxygens (including phenoxy) is 1. The summed E-state index contributed by atoms with van der Waals surface area (Å²) in [6.45, 7) is 0. The maximum Gasteiger partial charge on any atom is 0.337 e. The van der Waals surface area contributed by atoms with Gasteiger partial charge < -0.3 is 10.1 Å². The Balaban J connectivity index is 1.91. The van der Waals surface area contributed by atoms with Gasteiger partial charge >= 0.3 is 17.8 Å². The van der Waals surface area contributed by atoms with Gasteiger partial charge in [0.15, 0.2) is 0 Å². The maximum absolute atomic E-state index is 11.8. The van der Waals surface area contributed by atoms with Crippen molar-refractivity contribution in [1.82, 2.24) is 5.43 Å². The molecule has 2 N–H and O–H groups in total. The van der Waals surface area contributed by atoms with E-state index in [9.17, 15) is 14.4 Å². The molecule has 2 aromatic carbocycles. The zero-order valence-corrected chi connectivity index (χ0v) is 14.7. The summed E-state index contributed by atoms with van der Waals surface area (Å²) in [7, 11) is 1.27. The molecule has 0 fully saturated rings. The standard InChI is InChI=1S/C17H14BrN3O4/c1-25-17(24)11-6-8-13(9-7-11)20-15(22)16(23)21-19-10-12-4-2-3-5-14(12)18/h2-10H,1H3,(H,20,22)(H,21,23)/b19-10+. The number of esters is 1. The lowest BCUT2D eigenvalue weighted by Crippen LogP contribution is -2.32. The summed E-state index contributed by atoms with van der Waals surface area (Å²) >= 11 is 3.34. The number of methoxy groups -OCH3 is 1. The Morgan fingerprint density at radius 2 is 1.72 bits per heavy atom. The Morgan fingerprint density at radius 3 is 2.36 bits per heavy atom. The maximum atomic E-state index is 11.8. The van der Waals surface area contributed by atoms with Crippen molar-refractivity contribution in [3.05, 3.63) is 64.1 Å². The molecule has 0 saturated heterocycles. The van der Waals surface area contributed by atoms with E-state index in [0.717, 1.165) is 10.0 Å². The van der Waals surface area contributed by atoms with Crippen LogP contribution in [0.15, 0.2) is 58.1 Å². The molecule has 25 heavy (non-hydrogen) atoms. The smallest absolute Gasteiger partial charge is 0.337 e. The fourth-order valence-electron chi connectivity index (χ4n) is 1.79. The molecule has 2 aromatic rings. The zero-order valence-electron chi connectivity index (χ0n) is 13.2. The van der Waals surface area contributed by atoms with Crippen molar-refractivity contribution in [3.8, 4) is 0 Å².